The summed E-state index contributed by atoms with van der Waals surface area (Å²) >= 11 is 0. The first-order chi connectivity index (χ1) is 9.69. The van der Waals surface area contributed by atoms with Gasteiger partial charge in [0.2, 0.25) is 0 Å². The quantitative estimate of drug-likeness (QED) is 0.550. The molecule has 0 spiro atoms. The predicted octanol–water partition coefficient (Wildman–Crippen LogP) is 3.63. The number of nitrogens with zero attached hydrogens (tertiary/aromatic N) is 1. The average molecular weight is 267 g/mol. The van der Waals surface area contributed by atoms with E-state index in [1.165, 1.54) is 6.07 Å². The van der Waals surface area contributed by atoms with Gasteiger partial charge < -0.3 is 5.43 Å². The minimum Gasteiger partial charge on any atom is -0.323 e. The summed E-state index contributed by atoms with van der Waals surface area (Å²) in [6.07, 6.45) is 0. The molecule has 0 amide bonds. The molecule has 0 aliphatic rings. The topological polar surface area (TPSA) is 50.9 Å². The third kappa shape index (κ3) is 2.10. The minimum atomic E-state index is -0.339. The zero-order valence-electron chi connectivity index (χ0n) is 11.0. The van der Waals surface area contributed by atoms with E-state index in [1.54, 1.807) is 0 Å². The Morgan fingerprint density at radius 1 is 1.10 bits per heavy atom. The van der Waals surface area contributed by atoms with Crippen LogP contribution in [0.15, 0.2) is 48.5 Å². The first kappa shape index (κ1) is 12.6. The van der Waals surface area contributed by atoms with Gasteiger partial charge in [0.05, 0.1) is 11.4 Å². The summed E-state index contributed by atoms with van der Waals surface area (Å²) < 4.78 is 14.1. The van der Waals surface area contributed by atoms with E-state index < -0.39 is 0 Å². The lowest BCUT2D eigenvalue weighted by Crippen LogP contribution is -2.08. The standard InChI is InChI=1S/C16H14FN3/c1-10-7-12-15(20-18)9-14(11-5-3-2-4-6-11)19-16(12)13(17)8-10/h2-9H,18H2,1H3,(H,19,20). The summed E-state index contributed by atoms with van der Waals surface area (Å²) in [6, 6.07) is 14.8. The number of pyridine rings is 1. The number of nitrogens with one attached hydrogen (secondary N) is 1. The number of hydrazine groups is 1. The number of aromatic nitrogens is 1. The van der Waals surface area contributed by atoms with Gasteiger partial charge in [0.15, 0.2) is 0 Å². The largest absolute Gasteiger partial charge is 0.323 e. The Morgan fingerprint density at radius 3 is 2.55 bits per heavy atom. The lowest BCUT2D eigenvalue weighted by molar-refractivity contribution is 0.636. The fraction of sp³-hybridized carbons (Fsp3) is 0.0625. The van der Waals surface area contributed by atoms with Crippen LogP contribution < -0.4 is 11.3 Å². The number of halogens is 1. The number of rotatable bonds is 2. The van der Waals surface area contributed by atoms with Crippen LogP contribution in [-0.2, 0) is 0 Å². The third-order valence-corrected chi connectivity index (χ3v) is 3.24. The van der Waals surface area contributed by atoms with Crippen LogP contribution in [0.2, 0.25) is 0 Å². The van der Waals surface area contributed by atoms with E-state index in [9.17, 15) is 4.39 Å². The zero-order chi connectivity index (χ0) is 14.1. The van der Waals surface area contributed by atoms with Crippen LogP contribution in [0.25, 0.3) is 22.2 Å². The molecule has 3 aromatic rings. The van der Waals surface area contributed by atoms with Crippen molar-refractivity contribution in [3.05, 3.63) is 59.9 Å². The van der Waals surface area contributed by atoms with E-state index in [0.29, 0.717) is 22.3 Å². The maximum atomic E-state index is 14.1. The van der Waals surface area contributed by atoms with Gasteiger partial charge in [0.1, 0.15) is 11.3 Å². The second-order valence-corrected chi connectivity index (χ2v) is 4.71. The molecule has 0 atom stereocenters. The first-order valence-corrected chi connectivity index (χ1v) is 6.32. The average Bonchev–Trinajstić information content (AvgIpc) is 2.47. The summed E-state index contributed by atoms with van der Waals surface area (Å²) in [7, 11) is 0. The van der Waals surface area contributed by atoms with E-state index in [0.717, 1.165) is 11.1 Å². The van der Waals surface area contributed by atoms with Gasteiger partial charge in [-0.1, -0.05) is 30.3 Å². The Bertz CT molecular complexity index is 770. The molecule has 0 saturated carbocycles. The maximum absolute atomic E-state index is 14.1. The summed E-state index contributed by atoms with van der Waals surface area (Å²) in [4.78, 5) is 4.42. The fourth-order valence-corrected chi connectivity index (χ4v) is 2.30. The molecule has 0 bridgehead atoms. The molecule has 1 heterocycles. The molecule has 0 aliphatic heterocycles. The van der Waals surface area contributed by atoms with Crippen LogP contribution in [-0.4, -0.2) is 4.98 Å². The number of anilines is 1. The second-order valence-electron chi connectivity index (χ2n) is 4.71. The number of aryl methyl sites for hydroxylation is 1. The molecule has 0 radical (unpaired) electrons. The van der Waals surface area contributed by atoms with Crippen LogP contribution in [0.3, 0.4) is 0 Å². The molecule has 3 nitrogen and oxygen atoms in total. The molecule has 2 aromatic carbocycles. The second kappa shape index (κ2) is 4.90. The van der Waals surface area contributed by atoms with Crippen molar-refractivity contribution in [3.63, 3.8) is 0 Å². The van der Waals surface area contributed by atoms with Crippen LogP contribution in [0.5, 0.6) is 0 Å². The molecule has 20 heavy (non-hydrogen) atoms. The lowest BCUT2D eigenvalue weighted by Gasteiger charge is -2.10. The number of hydrogen-bond donors (Lipinski definition) is 2. The first-order valence-electron chi connectivity index (χ1n) is 6.32. The molecule has 4 heteroatoms. The molecule has 3 N–H and O–H groups in total. The van der Waals surface area contributed by atoms with Crippen LogP contribution in [0, 0.1) is 12.7 Å². The highest BCUT2D eigenvalue weighted by atomic mass is 19.1. The van der Waals surface area contributed by atoms with Crippen molar-refractivity contribution in [1.82, 2.24) is 4.98 Å². The lowest BCUT2D eigenvalue weighted by atomic mass is 10.1. The maximum Gasteiger partial charge on any atom is 0.149 e. The zero-order valence-corrected chi connectivity index (χ0v) is 11.0. The van der Waals surface area contributed by atoms with Gasteiger partial charge in [-0.2, -0.15) is 0 Å². The molecular weight excluding hydrogens is 253 g/mol. The van der Waals surface area contributed by atoms with E-state index in [4.69, 9.17) is 5.84 Å². The summed E-state index contributed by atoms with van der Waals surface area (Å²) in [5.74, 6) is 5.22. The van der Waals surface area contributed by atoms with Crippen LogP contribution in [0.4, 0.5) is 10.1 Å². The number of nitrogens with two attached hydrogens (primary N) is 1. The van der Waals surface area contributed by atoms with Gasteiger partial charge >= 0.3 is 0 Å². The number of fused-ring (bicyclic) bond motifs is 1. The Balaban J connectivity index is 2.32. The van der Waals surface area contributed by atoms with Crippen molar-refractivity contribution in [1.29, 1.82) is 0 Å². The van der Waals surface area contributed by atoms with Crippen LogP contribution >= 0.6 is 0 Å². The minimum absolute atomic E-state index is 0.324. The normalized spacial score (nSPS) is 10.8. The predicted molar refractivity (Wildman–Crippen MR) is 79.7 cm³/mol. The van der Waals surface area contributed by atoms with E-state index >= 15 is 0 Å². The third-order valence-electron chi connectivity index (χ3n) is 3.24. The molecule has 1 aromatic heterocycles. The van der Waals surface area contributed by atoms with Crippen molar-refractivity contribution >= 4 is 16.6 Å². The SMILES string of the molecule is Cc1cc(F)c2nc(-c3ccccc3)cc(NN)c2c1. The fourth-order valence-electron chi connectivity index (χ4n) is 2.30. The van der Waals surface area contributed by atoms with E-state index in [1.807, 2.05) is 49.4 Å². The number of hydrogen-bond acceptors (Lipinski definition) is 3. The Labute approximate surface area is 116 Å². The number of benzene rings is 2. The molecule has 0 fully saturated rings. The van der Waals surface area contributed by atoms with Gasteiger partial charge in [0.25, 0.3) is 0 Å². The van der Waals surface area contributed by atoms with Crippen molar-refractivity contribution in [2.45, 2.75) is 6.92 Å². The smallest absolute Gasteiger partial charge is 0.149 e. The van der Waals surface area contributed by atoms with Gasteiger partial charge in [-0.05, 0) is 30.7 Å². The molecule has 0 unspecified atom stereocenters. The summed E-state index contributed by atoms with van der Waals surface area (Å²) in [5.41, 5.74) is 6.06. The van der Waals surface area contributed by atoms with Crippen molar-refractivity contribution in [2.75, 3.05) is 5.43 Å². The highest BCUT2D eigenvalue weighted by Gasteiger charge is 2.11. The van der Waals surface area contributed by atoms with Crippen molar-refractivity contribution < 1.29 is 4.39 Å². The Morgan fingerprint density at radius 2 is 1.85 bits per heavy atom. The van der Waals surface area contributed by atoms with Gasteiger partial charge in [-0.3, -0.25) is 5.84 Å². The number of nitrogen functional groups attached to an aromatic ring is 1. The molecule has 0 aliphatic carbocycles. The Kier molecular flexibility index (Phi) is 3.08. The molecule has 3 rings (SSSR count). The molecule has 0 saturated heterocycles. The van der Waals surface area contributed by atoms with Crippen molar-refractivity contribution in [2.24, 2.45) is 5.84 Å². The van der Waals surface area contributed by atoms with Gasteiger partial charge in [0, 0.05) is 10.9 Å². The highest BCUT2D eigenvalue weighted by molar-refractivity contribution is 5.94. The van der Waals surface area contributed by atoms with E-state index in [2.05, 4.69) is 10.4 Å². The monoisotopic (exact) mass is 267 g/mol. The van der Waals surface area contributed by atoms with Gasteiger partial charge in [-0.15, -0.1) is 0 Å². The van der Waals surface area contributed by atoms with Crippen molar-refractivity contribution in [3.8, 4) is 11.3 Å². The summed E-state index contributed by atoms with van der Waals surface area (Å²) in [6.45, 7) is 1.84. The van der Waals surface area contributed by atoms with E-state index in [-0.39, 0.29) is 5.82 Å². The molecule has 100 valence electrons. The highest BCUT2D eigenvalue weighted by Crippen LogP contribution is 2.29. The Hall–Kier alpha value is -2.46. The summed E-state index contributed by atoms with van der Waals surface area (Å²) in [5, 5.41) is 0.685. The molecular formula is C16H14FN3. The van der Waals surface area contributed by atoms with Gasteiger partial charge in [-0.25, -0.2) is 9.37 Å². The van der Waals surface area contributed by atoms with Crippen LogP contribution in [0.1, 0.15) is 5.56 Å².